The zero-order valence-corrected chi connectivity index (χ0v) is 9.45. The van der Waals surface area contributed by atoms with Gasteiger partial charge in [0.2, 0.25) is 0 Å². The molecule has 13 heavy (non-hydrogen) atoms. The van der Waals surface area contributed by atoms with Gasteiger partial charge in [-0.15, -0.1) is 0 Å². The Morgan fingerprint density at radius 1 is 1.23 bits per heavy atom. The highest BCUT2D eigenvalue weighted by atomic mass is 19.1. The van der Waals surface area contributed by atoms with E-state index < -0.39 is 5.67 Å². The molecular weight excluding hydrogens is 163 g/mol. The van der Waals surface area contributed by atoms with Gasteiger partial charge < -0.3 is 0 Å². The minimum absolute atomic E-state index is 0.0506. The van der Waals surface area contributed by atoms with Crippen LogP contribution in [0.3, 0.4) is 0 Å². The normalized spacial score (nSPS) is 47.5. The van der Waals surface area contributed by atoms with Crippen molar-refractivity contribution in [1.82, 2.24) is 0 Å². The van der Waals surface area contributed by atoms with E-state index in [9.17, 15) is 4.39 Å². The maximum atomic E-state index is 14.6. The summed E-state index contributed by atoms with van der Waals surface area (Å²) in [5.74, 6) is 0.918. The number of fused-ring (bicyclic) bond motifs is 1. The highest BCUT2D eigenvalue weighted by Gasteiger charge is 2.72. The van der Waals surface area contributed by atoms with Crippen molar-refractivity contribution >= 4 is 0 Å². The molecule has 2 bridgehead atoms. The van der Waals surface area contributed by atoms with E-state index in [2.05, 4.69) is 34.6 Å². The Kier molecular flexibility index (Phi) is 1.55. The van der Waals surface area contributed by atoms with E-state index >= 15 is 0 Å². The van der Waals surface area contributed by atoms with Crippen molar-refractivity contribution in [2.45, 2.75) is 53.1 Å². The van der Waals surface area contributed by atoms with E-state index in [0.717, 1.165) is 12.8 Å². The van der Waals surface area contributed by atoms with Crippen LogP contribution >= 0.6 is 0 Å². The Balaban J connectivity index is 2.30. The Labute approximate surface area is 80.9 Å². The van der Waals surface area contributed by atoms with Gasteiger partial charge in [0.25, 0.3) is 0 Å². The van der Waals surface area contributed by atoms with Gasteiger partial charge in [-0.1, -0.05) is 34.6 Å². The molecule has 3 aliphatic rings. The molecule has 0 spiro atoms. The van der Waals surface area contributed by atoms with E-state index in [-0.39, 0.29) is 16.7 Å². The average Bonchev–Trinajstić information content (AvgIpc) is 2.37. The molecule has 0 N–H and O–H groups in total. The molecule has 0 heterocycles. The molecule has 0 aliphatic heterocycles. The maximum Gasteiger partial charge on any atom is 0.120 e. The quantitative estimate of drug-likeness (QED) is 0.537. The van der Waals surface area contributed by atoms with Crippen LogP contribution in [0.5, 0.6) is 0 Å². The minimum atomic E-state index is -0.865. The van der Waals surface area contributed by atoms with Crippen LogP contribution in [0.4, 0.5) is 4.39 Å². The van der Waals surface area contributed by atoms with Crippen molar-refractivity contribution in [2.24, 2.45) is 22.7 Å². The van der Waals surface area contributed by atoms with E-state index in [1.165, 1.54) is 0 Å². The van der Waals surface area contributed by atoms with Crippen molar-refractivity contribution in [1.29, 1.82) is 0 Å². The molecule has 0 saturated heterocycles. The third-order valence-corrected chi connectivity index (χ3v) is 4.75. The number of alkyl halides is 1. The van der Waals surface area contributed by atoms with Gasteiger partial charge in [-0.3, -0.25) is 0 Å². The topological polar surface area (TPSA) is 0 Å². The van der Waals surface area contributed by atoms with Gasteiger partial charge in [0.1, 0.15) is 5.67 Å². The first-order valence-corrected chi connectivity index (χ1v) is 5.38. The number of rotatable bonds is 0. The van der Waals surface area contributed by atoms with E-state index in [0.29, 0.717) is 5.92 Å². The van der Waals surface area contributed by atoms with Crippen LogP contribution in [-0.4, -0.2) is 5.67 Å². The van der Waals surface area contributed by atoms with Crippen molar-refractivity contribution in [2.75, 3.05) is 0 Å². The summed E-state index contributed by atoms with van der Waals surface area (Å²) in [6.45, 7) is 10.7. The average molecular weight is 184 g/mol. The summed E-state index contributed by atoms with van der Waals surface area (Å²) < 4.78 is 14.6. The first-order chi connectivity index (χ1) is 5.69. The molecule has 3 atom stereocenters. The highest BCUT2D eigenvalue weighted by Crippen LogP contribution is 2.72. The zero-order valence-electron chi connectivity index (χ0n) is 9.45. The largest absolute Gasteiger partial charge is 0.243 e. The summed E-state index contributed by atoms with van der Waals surface area (Å²) >= 11 is 0. The SMILES string of the molecule is CC(C)(C)C1CC2CC1(F)C2(C)C. The summed E-state index contributed by atoms with van der Waals surface area (Å²) in [4.78, 5) is 0. The lowest BCUT2D eigenvalue weighted by Crippen LogP contribution is -2.54. The molecule has 0 amide bonds. The smallest absolute Gasteiger partial charge is 0.120 e. The molecule has 0 nitrogen and oxygen atoms in total. The second-order valence-electron chi connectivity index (χ2n) is 6.64. The highest BCUT2D eigenvalue weighted by molar-refractivity contribution is 5.20. The molecule has 76 valence electrons. The summed E-state index contributed by atoms with van der Waals surface area (Å²) in [6.07, 6.45) is 1.93. The molecule has 0 aromatic heterocycles. The Morgan fingerprint density at radius 3 is 1.92 bits per heavy atom. The van der Waals surface area contributed by atoms with Crippen molar-refractivity contribution in [3.05, 3.63) is 0 Å². The third-order valence-electron chi connectivity index (χ3n) is 4.75. The summed E-state index contributed by atoms with van der Waals surface area (Å²) in [5.41, 5.74) is -0.780. The lowest BCUT2D eigenvalue weighted by atomic mass is 9.56. The number of halogens is 1. The first-order valence-electron chi connectivity index (χ1n) is 5.38. The van der Waals surface area contributed by atoms with Crippen LogP contribution < -0.4 is 0 Å². The van der Waals surface area contributed by atoms with Crippen molar-refractivity contribution < 1.29 is 4.39 Å². The van der Waals surface area contributed by atoms with Crippen LogP contribution in [0.1, 0.15) is 47.5 Å². The Hall–Kier alpha value is -0.0700. The molecule has 3 fully saturated rings. The van der Waals surface area contributed by atoms with Gasteiger partial charge in [0.15, 0.2) is 0 Å². The van der Waals surface area contributed by atoms with Crippen LogP contribution in [0.25, 0.3) is 0 Å². The lowest BCUT2D eigenvalue weighted by Gasteiger charge is -2.52. The summed E-state index contributed by atoms with van der Waals surface area (Å²) in [5, 5.41) is 0. The van der Waals surface area contributed by atoms with Crippen LogP contribution in [-0.2, 0) is 0 Å². The van der Waals surface area contributed by atoms with Crippen molar-refractivity contribution in [3.63, 3.8) is 0 Å². The Morgan fingerprint density at radius 2 is 1.77 bits per heavy atom. The number of hydrogen-bond acceptors (Lipinski definition) is 0. The standard InChI is InChI=1S/C12H21F/c1-10(2,3)9-6-8-7-12(9,13)11(8,4)5/h8-9H,6-7H2,1-5H3. The minimum Gasteiger partial charge on any atom is -0.243 e. The van der Waals surface area contributed by atoms with Gasteiger partial charge >= 0.3 is 0 Å². The van der Waals surface area contributed by atoms with Crippen LogP contribution in [0.2, 0.25) is 0 Å². The fraction of sp³-hybridized carbons (Fsp3) is 1.00. The predicted molar refractivity (Wildman–Crippen MR) is 53.3 cm³/mol. The van der Waals surface area contributed by atoms with Gasteiger partial charge in [0, 0.05) is 5.41 Å². The molecule has 3 saturated carbocycles. The molecule has 0 radical (unpaired) electrons. The van der Waals surface area contributed by atoms with Gasteiger partial charge in [-0.25, -0.2) is 4.39 Å². The second-order valence-corrected chi connectivity index (χ2v) is 6.64. The second kappa shape index (κ2) is 2.12. The number of hydrogen-bond donors (Lipinski definition) is 0. The van der Waals surface area contributed by atoms with Gasteiger partial charge in [-0.05, 0) is 30.1 Å². The molecule has 3 aliphatic carbocycles. The summed E-state index contributed by atoms with van der Waals surface area (Å²) in [7, 11) is 0. The molecule has 3 rings (SSSR count). The van der Waals surface area contributed by atoms with Crippen LogP contribution in [0, 0.1) is 22.7 Å². The third kappa shape index (κ3) is 0.911. The first kappa shape index (κ1) is 9.48. The maximum absolute atomic E-state index is 14.6. The van der Waals surface area contributed by atoms with E-state index in [4.69, 9.17) is 0 Å². The molecular formula is C12H21F. The summed E-state index contributed by atoms with van der Waals surface area (Å²) in [6, 6.07) is 0. The van der Waals surface area contributed by atoms with Crippen LogP contribution in [0.15, 0.2) is 0 Å². The molecule has 0 aromatic rings. The predicted octanol–water partition coefficient (Wildman–Crippen LogP) is 3.81. The van der Waals surface area contributed by atoms with Gasteiger partial charge in [0.05, 0.1) is 0 Å². The monoisotopic (exact) mass is 184 g/mol. The van der Waals surface area contributed by atoms with Crippen molar-refractivity contribution in [3.8, 4) is 0 Å². The molecule has 1 heteroatoms. The van der Waals surface area contributed by atoms with Gasteiger partial charge in [-0.2, -0.15) is 0 Å². The van der Waals surface area contributed by atoms with E-state index in [1.807, 2.05) is 0 Å². The van der Waals surface area contributed by atoms with E-state index in [1.54, 1.807) is 0 Å². The zero-order chi connectivity index (χ0) is 10.1. The lowest BCUT2D eigenvalue weighted by molar-refractivity contribution is -0.117. The fourth-order valence-corrected chi connectivity index (χ4v) is 3.57. The Bertz CT molecular complexity index is 236. The fourth-order valence-electron chi connectivity index (χ4n) is 3.57. The molecule has 0 aromatic carbocycles. The molecule has 3 unspecified atom stereocenters.